The molecule has 2 aromatic rings. The minimum absolute atomic E-state index is 0.348. The molecule has 2 rings (SSSR count). The van der Waals surface area contributed by atoms with Crippen LogP contribution < -0.4 is 9.62 Å². The summed E-state index contributed by atoms with van der Waals surface area (Å²) in [6, 6.07) is 15.3. The number of aryl methyl sites for hydroxylation is 1. The van der Waals surface area contributed by atoms with Crippen LogP contribution in [0.4, 0.5) is 11.4 Å². The second-order valence-electron chi connectivity index (χ2n) is 5.35. The molecule has 0 saturated carbocycles. The molecular weight excluding hydrogens is 326 g/mol. The van der Waals surface area contributed by atoms with Crippen LogP contribution in [0, 0.1) is 18.3 Å². The molecule has 1 amide bonds. The summed E-state index contributed by atoms with van der Waals surface area (Å²) < 4.78 is 25.1. The van der Waals surface area contributed by atoms with Crippen LogP contribution >= 0.6 is 0 Å². The van der Waals surface area contributed by atoms with Crippen molar-refractivity contribution in [1.82, 2.24) is 0 Å². The van der Waals surface area contributed by atoms with Crippen molar-refractivity contribution in [2.75, 3.05) is 22.4 Å². The Kier molecular flexibility index (Phi) is 5.21. The van der Waals surface area contributed by atoms with Gasteiger partial charge in [0, 0.05) is 5.69 Å². The number of amides is 1. The number of nitriles is 1. The number of rotatable bonds is 5. The first-order chi connectivity index (χ1) is 11.3. The number of carbonyl (C=O) groups excluding carboxylic acids is 1. The van der Waals surface area contributed by atoms with E-state index in [2.05, 4.69) is 5.32 Å². The fourth-order valence-corrected chi connectivity index (χ4v) is 3.03. The molecule has 0 atom stereocenters. The molecule has 0 heterocycles. The summed E-state index contributed by atoms with van der Waals surface area (Å²) in [5.41, 5.74) is 2.17. The highest BCUT2D eigenvalue weighted by atomic mass is 32.2. The Morgan fingerprint density at radius 2 is 1.92 bits per heavy atom. The van der Waals surface area contributed by atoms with Gasteiger partial charge >= 0.3 is 0 Å². The molecule has 0 radical (unpaired) electrons. The van der Waals surface area contributed by atoms with E-state index in [1.807, 2.05) is 19.1 Å². The molecule has 0 aliphatic rings. The van der Waals surface area contributed by atoms with E-state index >= 15 is 0 Å². The summed E-state index contributed by atoms with van der Waals surface area (Å²) in [5.74, 6) is -0.489. The van der Waals surface area contributed by atoms with E-state index in [4.69, 9.17) is 5.26 Å². The Balaban J connectivity index is 2.21. The van der Waals surface area contributed by atoms with Crippen molar-refractivity contribution >= 4 is 27.3 Å². The maximum atomic E-state index is 12.2. The third-order valence-electron chi connectivity index (χ3n) is 3.25. The summed E-state index contributed by atoms with van der Waals surface area (Å²) in [4.78, 5) is 12.2. The highest BCUT2D eigenvalue weighted by Gasteiger charge is 2.21. The smallest absolute Gasteiger partial charge is 0.245 e. The second-order valence-corrected chi connectivity index (χ2v) is 7.26. The van der Waals surface area contributed by atoms with Crippen LogP contribution in [-0.2, 0) is 14.8 Å². The monoisotopic (exact) mass is 343 g/mol. The number of nitrogens with zero attached hydrogens (tertiary/aromatic N) is 2. The predicted octanol–water partition coefficient (Wildman–Crippen LogP) is 2.27. The summed E-state index contributed by atoms with van der Waals surface area (Å²) in [6.07, 6.45) is 1.05. The Morgan fingerprint density at radius 3 is 2.54 bits per heavy atom. The van der Waals surface area contributed by atoms with Gasteiger partial charge in [-0.05, 0) is 42.8 Å². The number of carbonyl (C=O) groups is 1. The number of hydrogen-bond donors (Lipinski definition) is 1. The lowest BCUT2D eigenvalue weighted by Crippen LogP contribution is -2.37. The zero-order chi connectivity index (χ0) is 17.7. The molecule has 6 nitrogen and oxygen atoms in total. The van der Waals surface area contributed by atoms with Crippen molar-refractivity contribution in [2.24, 2.45) is 0 Å². The van der Waals surface area contributed by atoms with E-state index in [-0.39, 0.29) is 6.54 Å². The second kappa shape index (κ2) is 7.15. The lowest BCUT2D eigenvalue weighted by molar-refractivity contribution is -0.114. The quantitative estimate of drug-likeness (QED) is 0.902. The van der Waals surface area contributed by atoms with Crippen LogP contribution in [0.15, 0.2) is 48.5 Å². The number of sulfonamides is 1. The summed E-state index contributed by atoms with van der Waals surface area (Å²) in [5, 5.41) is 11.5. The van der Waals surface area contributed by atoms with Crippen molar-refractivity contribution in [3.05, 3.63) is 59.7 Å². The van der Waals surface area contributed by atoms with E-state index in [1.54, 1.807) is 36.4 Å². The molecular formula is C17H17N3O3S. The maximum absolute atomic E-state index is 12.2. The molecule has 0 aliphatic carbocycles. The molecule has 0 spiro atoms. The fourth-order valence-electron chi connectivity index (χ4n) is 2.18. The number of nitrogens with one attached hydrogen (secondary N) is 1. The molecule has 1 N–H and O–H groups in total. The lowest BCUT2D eigenvalue weighted by atomic mass is 10.2. The molecule has 2 aromatic carbocycles. The van der Waals surface area contributed by atoms with Crippen molar-refractivity contribution in [3.63, 3.8) is 0 Å². The van der Waals surface area contributed by atoms with Crippen molar-refractivity contribution in [1.29, 1.82) is 5.26 Å². The topological polar surface area (TPSA) is 90.3 Å². The molecule has 24 heavy (non-hydrogen) atoms. The van der Waals surface area contributed by atoms with E-state index in [0.29, 0.717) is 16.9 Å². The number of hydrogen-bond acceptors (Lipinski definition) is 4. The van der Waals surface area contributed by atoms with Gasteiger partial charge in [-0.2, -0.15) is 5.26 Å². The minimum atomic E-state index is -3.61. The van der Waals surface area contributed by atoms with Crippen molar-refractivity contribution in [2.45, 2.75) is 6.92 Å². The first-order valence-electron chi connectivity index (χ1n) is 7.14. The average molecular weight is 343 g/mol. The average Bonchev–Trinajstić information content (AvgIpc) is 2.51. The van der Waals surface area contributed by atoms with Gasteiger partial charge < -0.3 is 5.32 Å². The Labute approximate surface area is 141 Å². The standard InChI is InChI=1S/C17H17N3O3S/c1-13-5-3-8-16(9-13)20(24(2,22)23)12-17(21)19-15-7-4-6-14(10-15)11-18/h3-10H,12H2,1-2H3,(H,19,21). The first-order valence-corrected chi connectivity index (χ1v) is 8.99. The van der Waals surface area contributed by atoms with Crippen LogP contribution in [-0.4, -0.2) is 27.1 Å². The molecule has 0 fully saturated rings. The van der Waals surface area contributed by atoms with E-state index < -0.39 is 15.9 Å². The SMILES string of the molecule is Cc1cccc(N(CC(=O)Nc2cccc(C#N)c2)S(C)(=O)=O)c1. The zero-order valence-corrected chi connectivity index (χ0v) is 14.2. The van der Waals surface area contributed by atoms with Gasteiger partial charge in [-0.25, -0.2) is 8.42 Å². The molecule has 0 bridgehead atoms. The molecule has 124 valence electrons. The van der Waals surface area contributed by atoms with Gasteiger partial charge in [-0.15, -0.1) is 0 Å². The molecule has 0 aliphatic heterocycles. The van der Waals surface area contributed by atoms with Gasteiger partial charge in [0.25, 0.3) is 0 Å². The minimum Gasteiger partial charge on any atom is -0.324 e. The van der Waals surface area contributed by atoms with Gasteiger partial charge in [0.15, 0.2) is 0 Å². The van der Waals surface area contributed by atoms with Gasteiger partial charge in [-0.1, -0.05) is 18.2 Å². The van der Waals surface area contributed by atoms with Crippen LogP contribution in [0.3, 0.4) is 0 Å². The Morgan fingerprint density at radius 1 is 1.21 bits per heavy atom. The highest BCUT2D eigenvalue weighted by Crippen LogP contribution is 2.19. The normalized spacial score (nSPS) is 10.7. The van der Waals surface area contributed by atoms with Crippen LogP contribution in [0.2, 0.25) is 0 Å². The van der Waals surface area contributed by atoms with Gasteiger partial charge in [-0.3, -0.25) is 9.10 Å². The Bertz CT molecular complexity index is 901. The van der Waals surface area contributed by atoms with E-state index in [1.165, 1.54) is 6.07 Å². The van der Waals surface area contributed by atoms with Gasteiger partial charge in [0.1, 0.15) is 6.54 Å². The van der Waals surface area contributed by atoms with Crippen LogP contribution in [0.1, 0.15) is 11.1 Å². The van der Waals surface area contributed by atoms with E-state index in [9.17, 15) is 13.2 Å². The summed E-state index contributed by atoms with van der Waals surface area (Å²) >= 11 is 0. The number of benzene rings is 2. The third-order valence-corrected chi connectivity index (χ3v) is 4.39. The van der Waals surface area contributed by atoms with Crippen molar-refractivity contribution in [3.8, 4) is 6.07 Å². The molecule has 0 unspecified atom stereocenters. The highest BCUT2D eigenvalue weighted by molar-refractivity contribution is 7.92. The Hall–Kier alpha value is -2.85. The first kappa shape index (κ1) is 17.5. The fraction of sp³-hybridized carbons (Fsp3) is 0.176. The van der Waals surface area contributed by atoms with E-state index in [0.717, 1.165) is 16.1 Å². The number of anilines is 2. The zero-order valence-electron chi connectivity index (χ0n) is 13.4. The van der Waals surface area contributed by atoms with Crippen LogP contribution in [0.25, 0.3) is 0 Å². The largest absolute Gasteiger partial charge is 0.324 e. The summed E-state index contributed by atoms with van der Waals surface area (Å²) in [7, 11) is -3.61. The van der Waals surface area contributed by atoms with Gasteiger partial charge in [0.05, 0.1) is 23.6 Å². The molecule has 0 saturated heterocycles. The lowest BCUT2D eigenvalue weighted by Gasteiger charge is -2.22. The van der Waals surface area contributed by atoms with Crippen molar-refractivity contribution < 1.29 is 13.2 Å². The van der Waals surface area contributed by atoms with Gasteiger partial charge in [0.2, 0.25) is 15.9 Å². The van der Waals surface area contributed by atoms with Crippen LogP contribution in [0.5, 0.6) is 0 Å². The predicted molar refractivity (Wildman–Crippen MR) is 93.2 cm³/mol. The third kappa shape index (κ3) is 4.57. The molecule has 0 aromatic heterocycles. The summed E-state index contributed by atoms with van der Waals surface area (Å²) in [6.45, 7) is 1.50. The molecule has 7 heteroatoms. The maximum Gasteiger partial charge on any atom is 0.245 e.